The Morgan fingerprint density at radius 1 is 1.41 bits per heavy atom. The van der Waals surface area contributed by atoms with Gasteiger partial charge in [0.05, 0.1) is 10.7 Å². The van der Waals surface area contributed by atoms with Crippen LogP contribution in [-0.2, 0) is 9.84 Å². The van der Waals surface area contributed by atoms with E-state index >= 15 is 0 Å². The van der Waals surface area contributed by atoms with Gasteiger partial charge < -0.3 is 10.6 Å². The quantitative estimate of drug-likeness (QED) is 0.754. The van der Waals surface area contributed by atoms with Gasteiger partial charge in [-0.15, -0.1) is 0 Å². The molecule has 0 spiro atoms. The maximum atomic E-state index is 11.0. The molecule has 0 radical (unpaired) electrons. The van der Waals surface area contributed by atoms with E-state index in [1.807, 2.05) is 0 Å². The molecule has 0 bridgehead atoms. The zero-order valence-electron chi connectivity index (χ0n) is 10.6. The molecule has 100 valence electrons. The summed E-state index contributed by atoms with van der Waals surface area (Å²) in [5, 5.41) is 0. The Balaban J connectivity index is 2.31. The minimum atomic E-state index is -2.83. The fourth-order valence-corrected chi connectivity index (χ4v) is 2.92. The van der Waals surface area contributed by atoms with Crippen LogP contribution in [0.1, 0.15) is 26.2 Å². The summed E-state index contributed by atoms with van der Waals surface area (Å²) in [6, 6.07) is 0. The summed E-state index contributed by atoms with van der Waals surface area (Å²) < 4.78 is 22.0. The first kappa shape index (κ1) is 14.9. The second kappa shape index (κ2) is 5.63. The van der Waals surface area contributed by atoms with Crippen LogP contribution in [-0.4, -0.2) is 49.9 Å². The SMILES string of the molecule is CC1(C(N)=S)CCN(CCCS(C)(=O)=O)CC1. The molecule has 6 heteroatoms. The standard InChI is InChI=1S/C11H22N2O2S2/c1-11(10(12)16)4-7-13(8-5-11)6-3-9-17(2,14)15/h3-9H2,1-2H3,(H2,12,16). The van der Waals surface area contributed by atoms with Crippen LogP contribution in [0.25, 0.3) is 0 Å². The van der Waals surface area contributed by atoms with Gasteiger partial charge in [0.15, 0.2) is 0 Å². The molecule has 0 amide bonds. The van der Waals surface area contributed by atoms with Crippen molar-refractivity contribution in [3.05, 3.63) is 0 Å². The molecular formula is C11H22N2O2S2. The number of likely N-dealkylation sites (tertiary alicyclic amines) is 1. The molecule has 0 saturated carbocycles. The summed E-state index contributed by atoms with van der Waals surface area (Å²) in [6.07, 6.45) is 3.94. The van der Waals surface area contributed by atoms with Crippen molar-refractivity contribution in [1.82, 2.24) is 4.90 Å². The summed E-state index contributed by atoms with van der Waals surface area (Å²) in [7, 11) is -2.83. The summed E-state index contributed by atoms with van der Waals surface area (Å²) in [5.74, 6) is 0.274. The Kier molecular flexibility index (Phi) is 4.92. The lowest BCUT2D eigenvalue weighted by Gasteiger charge is -2.38. The van der Waals surface area contributed by atoms with Crippen LogP contribution < -0.4 is 5.73 Å². The molecule has 0 atom stereocenters. The fourth-order valence-electron chi connectivity index (χ4n) is 2.07. The van der Waals surface area contributed by atoms with Gasteiger partial charge in [0.1, 0.15) is 9.84 Å². The lowest BCUT2D eigenvalue weighted by atomic mass is 9.80. The van der Waals surface area contributed by atoms with Gasteiger partial charge in [0, 0.05) is 11.7 Å². The molecule has 0 aliphatic carbocycles. The van der Waals surface area contributed by atoms with Gasteiger partial charge >= 0.3 is 0 Å². The highest BCUT2D eigenvalue weighted by Gasteiger charge is 2.32. The van der Waals surface area contributed by atoms with E-state index in [9.17, 15) is 8.42 Å². The monoisotopic (exact) mass is 278 g/mol. The van der Waals surface area contributed by atoms with E-state index in [-0.39, 0.29) is 11.2 Å². The van der Waals surface area contributed by atoms with E-state index in [1.54, 1.807) is 0 Å². The first-order chi connectivity index (χ1) is 7.73. The number of nitrogens with zero attached hydrogens (tertiary/aromatic N) is 1. The van der Waals surface area contributed by atoms with Crippen molar-refractivity contribution in [1.29, 1.82) is 0 Å². The van der Waals surface area contributed by atoms with Crippen LogP contribution in [0, 0.1) is 5.41 Å². The van der Waals surface area contributed by atoms with Gasteiger partial charge in [-0.25, -0.2) is 8.42 Å². The molecule has 2 N–H and O–H groups in total. The van der Waals surface area contributed by atoms with E-state index in [2.05, 4.69) is 11.8 Å². The highest BCUT2D eigenvalue weighted by molar-refractivity contribution is 7.90. The third-order valence-electron chi connectivity index (χ3n) is 3.54. The summed E-state index contributed by atoms with van der Waals surface area (Å²) in [5.41, 5.74) is 5.73. The van der Waals surface area contributed by atoms with Crippen molar-refractivity contribution >= 4 is 27.0 Å². The van der Waals surface area contributed by atoms with E-state index in [0.717, 1.165) is 32.5 Å². The lowest BCUT2D eigenvalue weighted by Crippen LogP contribution is -2.45. The Labute approximate surface area is 109 Å². The second-order valence-electron chi connectivity index (χ2n) is 5.25. The largest absolute Gasteiger partial charge is 0.393 e. The van der Waals surface area contributed by atoms with Crippen LogP contribution in [0.5, 0.6) is 0 Å². The van der Waals surface area contributed by atoms with Crippen molar-refractivity contribution in [2.24, 2.45) is 11.1 Å². The Morgan fingerprint density at radius 3 is 2.35 bits per heavy atom. The Morgan fingerprint density at radius 2 is 1.94 bits per heavy atom. The van der Waals surface area contributed by atoms with Gasteiger partial charge in [-0.2, -0.15) is 0 Å². The van der Waals surface area contributed by atoms with Crippen molar-refractivity contribution in [2.75, 3.05) is 31.6 Å². The number of thiocarbonyl (C=S) groups is 1. The molecule has 17 heavy (non-hydrogen) atoms. The zero-order chi connectivity index (χ0) is 13.1. The summed E-state index contributed by atoms with van der Waals surface area (Å²) in [4.78, 5) is 2.90. The van der Waals surface area contributed by atoms with Crippen LogP contribution >= 0.6 is 12.2 Å². The zero-order valence-corrected chi connectivity index (χ0v) is 12.2. The third kappa shape index (κ3) is 4.89. The predicted molar refractivity (Wildman–Crippen MR) is 74.9 cm³/mol. The van der Waals surface area contributed by atoms with Gasteiger partial charge in [-0.05, 0) is 38.9 Å². The van der Waals surface area contributed by atoms with Crippen LogP contribution in [0.15, 0.2) is 0 Å². The maximum Gasteiger partial charge on any atom is 0.147 e. The van der Waals surface area contributed by atoms with Crippen molar-refractivity contribution in [3.63, 3.8) is 0 Å². The molecule has 4 nitrogen and oxygen atoms in total. The van der Waals surface area contributed by atoms with E-state index in [0.29, 0.717) is 11.4 Å². The minimum Gasteiger partial charge on any atom is -0.393 e. The van der Waals surface area contributed by atoms with E-state index in [1.165, 1.54) is 6.26 Å². The molecular weight excluding hydrogens is 256 g/mol. The number of rotatable bonds is 5. The van der Waals surface area contributed by atoms with Crippen LogP contribution in [0.3, 0.4) is 0 Å². The molecule has 1 heterocycles. The molecule has 1 rings (SSSR count). The van der Waals surface area contributed by atoms with Crippen LogP contribution in [0.4, 0.5) is 0 Å². The number of hydrogen-bond acceptors (Lipinski definition) is 4. The molecule has 1 aliphatic heterocycles. The first-order valence-electron chi connectivity index (χ1n) is 5.93. The fraction of sp³-hybridized carbons (Fsp3) is 0.909. The average Bonchev–Trinajstić information content (AvgIpc) is 2.19. The number of nitrogens with two attached hydrogens (primary N) is 1. The highest BCUT2D eigenvalue weighted by atomic mass is 32.2. The molecule has 0 aromatic heterocycles. The number of sulfone groups is 1. The number of hydrogen-bond donors (Lipinski definition) is 1. The Hall–Kier alpha value is -0.200. The van der Waals surface area contributed by atoms with E-state index < -0.39 is 9.84 Å². The van der Waals surface area contributed by atoms with Gasteiger partial charge in [-0.1, -0.05) is 19.1 Å². The molecule has 0 aromatic rings. The van der Waals surface area contributed by atoms with E-state index in [4.69, 9.17) is 18.0 Å². The van der Waals surface area contributed by atoms with Crippen molar-refractivity contribution < 1.29 is 8.42 Å². The van der Waals surface area contributed by atoms with Crippen LogP contribution in [0.2, 0.25) is 0 Å². The van der Waals surface area contributed by atoms with Gasteiger partial charge in [0.2, 0.25) is 0 Å². The lowest BCUT2D eigenvalue weighted by molar-refractivity contribution is 0.165. The summed E-state index contributed by atoms with van der Waals surface area (Å²) in [6.45, 7) is 4.87. The van der Waals surface area contributed by atoms with Crippen molar-refractivity contribution in [2.45, 2.75) is 26.2 Å². The predicted octanol–water partition coefficient (Wildman–Crippen LogP) is 0.809. The highest BCUT2D eigenvalue weighted by Crippen LogP contribution is 2.31. The first-order valence-corrected chi connectivity index (χ1v) is 8.40. The molecule has 0 aromatic carbocycles. The molecule has 1 aliphatic rings. The van der Waals surface area contributed by atoms with Gasteiger partial charge in [-0.3, -0.25) is 0 Å². The minimum absolute atomic E-state index is 0.0112. The molecule has 1 saturated heterocycles. The molecule has 1 fully saturated rings. The normalized spacial score (nSPS) is 21.3. The third-order valence-corrected chi connectivity index (χ3v) is 5.07. The Bertz CT molecular complexity index is 371. The second-order valence-corrected chi connectivity index (χ2v) is 7.95. The number of piperidine rings is 1. The topological polar surface area (TPSA) is 63.4 Å². The maximum absolute atomic E-state index is 11.0. The summed E-state index contributed by atoms with van der Waals surface area (Å²) >= 11 is 5.08. The van der Waals surface area contributed by atoms with Gasteiger partial charge in [0.25, 0.3) is 0 Å². The molecule has 0 unspecified atom stereocenters. The average molecular weight is 278 g/mol. The van der Waals surface area contributed by atoms with Crippen molar-refractivity contribution in [3.8, 4) is 0 Å². The smallest absolute Gasteiger partial charge is 0.147 e.